The van der Waals surface area contributed by atoms with Crippen molar-refractivity contribution in [3.05, 3.63) is 29.8 Å². The molecular weight excluding hydrogens is 296 g/mol. The molecule has 2 N–H and O–H groups in total. The van der Waals surface area contributed by atoms with E-state index < -0.39 is 0 Å². The van der Waals surface area contributed by atoms with Crippen molar-refractivity contribution in [1.82, 2.24) is 10.6 Å². The second-order valence-electron chi connectivity index (χ2n) is 5.64. The predicted molar refractivity (Wildman–Crippen MR) is 85.3 cm³/mol. The standard InChI is InChI=1S/C17H22N2O4/c1-12(20)13-4-7-15(8-5-13)23-10-2-3-17(22)19-14-6-9-16(21)18-11-14/h4-5,7-8,14H,2-3,6,9-11H2,1H3,(H,18,21)(H,19,22). The number of carbonyl (C=O) groups excluding carboxylic acids is 3. The topological polar surface area (TPSA) is 84.5 Å². The van der Waals surface area contributed by atoms with Crippen molar-refractivity contribution in [2.45, 2.75) is 38.6 Å². The van der Waals surface area contributed by atoms with Gasteiger partial charge in [-0.3, -0.25) is 14.4 Å². The highest BCUT2D eigenvalue weighted by atomic mass is 16.5. The number of benzene rings is 1. The first-order valence-corrected chi connectivity index (χ1v) is 7.84. The largest absolute Gasteiger partial charge is 0.494 e. The second kappa shape index (κ2) is 8.31. The summed E-state index contributed by atoms with van der Waals surface area (Å²) in [6.07, 6.45) is 2.15. The van der Waals surface area contributed by atoms with E-state index in [0.29, 0.717) is 50.1 Å². The number of amides is 2. The first-order chi connectivity index (χ1) is 11.0. The molecule has 0 saturated carbocycles. The average molecular weight is 318 g/mol. The van der Waals surface area contributed by atoms with Gasteiger partial charge in [0.15, 0.2) is 5.78 Å². The summed E-state index contributed by atoms with van der Waals surface area (Å²) >= 11 is 0. The molecule has 124 valence electrons. The van der Waals surface area contributed by atoms with Gasteiger partial charge in [-0.05, 0) is 44.0 Å². The van der Waals surface area contributed by atoms with Crippen LogP contribution in [0.1, 0.15) is 43.0 Å². The van der Waals surface area contributed by atoms with Gasteiger partial charge in [0.25, 0.3) is 0 Å². The van der Waals surface area contributed by atoms with Crippen LogP contribution in [0.25, 0.3) is 0 Å². The van der Waals surface area contributed by atoms with Gasteiger partial charge in [0.1, 0.15) is 5.75 Å². The minimum atomic E-state index is -0.0262. The number of Topliss-reactive ketones (excluding diaryl/α,β-unsaturated/α-hetero) is 1. The van der Waals surface area contributed by atoms with E-state index in [1.165, 1.54) is 6.92 Å². The van der Waals surface area contributed by atoms with Gasteiger partial charge in [-0.15, -0.1) is 0 Å². The molecule has 1 atom stereocenters. The predicted octanol–water partition coefficient (Wildman–Crippen LogP) is 1.44. The fraction of sp³-hybridized carbons (Fsp3) is 0.471. The lowest BCUT2D eigenvalue weighted by molar-refractivity contribution is -0.125. The van der Waals surface area contributed by atoms with Gasteiger partial charge in [0.2, 0.25) is 11.8 Å². The van der Waals surface area contributed by atoms with Crippen LogP contribution in [0.3, 0.4) is 0 Å². The lowest BCUT2D eigenvalue weighted by Gasteiger charge is -2.23. The molecule has 0 spiro atoms. The van der Waals surface area contributed by atoms with Gasteiger partial charge in [0.05, 0.1) is 6.61 Å². The van der Waals surface area contributed by atoms with Crippen LogP contribution in [0.4, 0.5) is 0 Å². The van der Waals surface area contributed by atoms with Gasteiger partial charge in [-0.1, -0.05) is 0 Å². The number of piperidine rings is 1. The van der Waals surface area contributed by atoms with Crippen LogP contribution in [0.2, 0.25) is 0 Å². The maximum Gasteiger partial charge on any atom is 0.220 e. The number of nitrogens with one attached hydrogen (secondary N) is 2. The van der Waals surface area contributed by atoms with E-state index in [-0.39, 0.29) is 23.6 Å². The van der Waals surface area contributed by atoms with Crippen LogP contribution in [0.15, 0.2) is 24.3 Å². The zero-order valence-corrected chi connectivity index (χ0v) is 13.3. The highest BCUT2D eigenvalue weighted by Crippen LogP contribution is 2.13. The lowest BCUT2D eigenvalue weighted by Crippen LogP contribution is -2.47. The molecule has 0 aliphatic carbocycles. The summed E-state index contributed by atoms with van der Waals surface area (Å²) in [6, 6.07) is 6.98. The lowest BCUT2D eigenvalue weighted by atomic mass is 10.1. The summed E-state index contributed by atoms with van der Waals surface area (Å²) in [6.45, 7) is 2.46. The van der Waals surface area contributed by atoms with Crippen molar-refractivity contribution in [1.29, 1.82) is 0 Å². The summed E-state index contributed by atoms with van der Waals surface area (Å²) in [5.74, 6) is 0.721. The number of rotatable bonds is 7. The van der Waals surface area contributed by atoms with E-state index in [0.717, 1.165) is 0 Å². The van der Waals surface area contributed by atoms with E-state index in [4.69, 9.17) is 4.74 Å². The third-order valence-corrected chi connectivity index (χ3v) is 3.71. The SMILES string of the molecule is CC(=O)c1ccc(OCCCC(=O)NC2CCC(=O)NC2)cc1. The van der Waals surface area contributed by atoms with Crippen molar-refractivity contribution in [2.75, 3.05) is 13.2 Å². The Bertz CT molecular complexity index is 558. The van der Waals surface area contributed by atoms with E-state index in [2.05, 4.69) is 10.6 Å². The van der Waals surface area contributed by atoms with Crippen molar-refractivity contribution in [3.8, 4) is 5.75 Å². The summed E-state index contributed by atoms with van der Waals surface area (Å²) in [4.78, 5) is 34.0. The molecule has 0 bridgehead atoms. The average Bonchev–Trinajstić information content (AvgIpc) is 2.54. The zero-order chi connectivity index (χ0) is 16.7. The molecule has 0 aromatic heterocycles. The summed E-state index contributed by atoms with van der Waals surface area (Å²) < 4.78 is 5.55. The van der Waals surface area contributed by atoms with Crippen LogP contribution in [-0.2, 0) is 9.59 Å². The Morgan fingerprint density at radius 1 is 1.30 bits per heavy atom. The maximum atomic E-state index is 11.8. The number of ether oxygens (including phenoxy) is 1. The molecule has 2 amide bonds. The molecule has 1 saturated heterocycles. The zero-order valence-electron chi connectivity index (χ0n) is 13.3. The minimum absolute atomic E-state index is 0.0205. The summed E-state index contributed by atoms with van der Waals surface area (Å²) in [5, 5.41) is 5.65. The van der Waals surface area contributed by atoms with E-state index in [9.17, 15) is 14.4 Å². The Labute approximate surface area is 135 Å². The molecule has 1 aromatic carbocycles. The Kier molecular flexibility index (Phi) is 6.14. The molecule has 6 heteroatoms. The van der Waals surface area contributed by atoms with E-state index >= 15 is 0 Å². The highest BCUT2D eigenvalue weighted by Gasteiger charge is 2.19. The first-order valence-electron chi connectivity index (χ1n) is 7.84. The molecule has 1 fully saturated rings. The molecule has 0 radical (unpaired) electrons. The van der Waals surface area contributed by atoms with Gasteiger partial charge in [-0.25, -0.2) is 0 Å². The molecule has 1 unspecified atom stereocenters. The van der Waals surface area contributed by atoms with Crippen LogP contribution in [0.5, 0.6) is 5.75 Å². The number of ketones is 1. The van der Waals surface area contributed by atoms with E-state index in [1.807, 2.05) is 0 Å². The van der Waals surface area contributed by atoms with Gasteiger partial charge >= 0.3 is 0 Å². The monoisotopic (exact) mass is 318 g/mol. The fourth-order valence-corrected chi connectivity index (χ4v) is 2.36. The van der Waals surface area contributed by atoms with Gasteiger partial charge < -0.3 is 15.4 Å². The van der Waals surface area contributed by atoms with E-state index in [1.54, 1.807) is 24.3 Å². The van der Waals surface area contributed by atoms with Crippen LogP contribution in [-0.4, -0.2) is 36.8 Å². The van der Waals surface area contributed by atoms with Crippen molar-refractivity contribution in [2.24, 2.45) is 0 Å². The number of hydrogen-bond donors (Lipinski definition) is 2. The molecular formula is C17H22N2O4. The Hall–Kier alpha value is -2.37. The fourth-order valence-electron chi connectivity index (χ4n) is 2.36. The Morgan fingerprint density at radius 2 is 2.04 bits per heavy atom. The van der Waals surface area contributed by atoms with Crippen molar-refractivity contribution in [3.63, 3.8) is 0 Å². The Morgan fingerprint density at radius 3 is 2.65 bits per heavy atom. The minimum Gasteiger partial charge on any atom is -0.494 e. The Balaban J connectivity index is 1.62. The molecule has 1 aliphatic heterocycles. The van der Waals surface area contributed by atoms with Crippen molar-refractivity contribution >= 4 is 17.6 Å². The number of carbonyl (C=O) groups is 3. The quantitative estimate of drug-likeness (QED) is 0.588. The highest BCUT2D eigenvalue weighted by molar-refractivity contribution is 5.94. The smallest absolute Gasteiger partial charge is 0.220 e. The third kappa shape index (κ3) is 5.73. The van der Waals surface area contributed by atoms with Crippen LogP contribution in [0, 0.1) is 0 Å². The molecule has 23 heavy (non-hydrogen) atoms. The van der Waals surface area contributed by atoms with Crippen LogP contribution >= 0.6 is 0 Å². The third-order valence-electron chi connectivity index (χ3n) is 3.71. The summed E-state index contributed by atoms with van der Waals surface area (Å²) in [7, 11) is 0. The van der Waals surface area contributed by atoms with Crippen molar-refractivity contribution < 1.29 is 19.1 Å². The molecule has 6 nitrogen and oxygen atoms in total. The second-order valence-corrected chi connectivity index (χ2v) is 5.64. The van der Waals surface area contributed by atoms with Gasteiger partial charge in [-0.2, -0.15) is 0 Å². The van der Waals surface area contributed by atoms with Crippen LogP contribution < -0.4 is 15.4 Å². The first kappa shape index (κ1) is 17.0. The summed E-state index contributed by atoms with van der Waals surface area (Å²) in [5.41, 5.74) is 0.649. The van der Waals surface area contributed by atoms with Gasteiger partial charge in [0, 0.05) is 31.0 Å². The molecule has 1 aliphatic rings. The number of hydrogen-bond acceptors (Lipinski definition) is 4. The molecule has 1 aromatic rings. The molecule has 1 heterocycles. The maximum absolute atomic E-state index is 11.8. The normalized spacial score (nSPS) is 17.3. The molecule has 2 rings (SSSR count).